The average Bonchev–Trinajstić information content (AvgIpc) is 2.91. The Balaban J connectivity index is 1.76. The Morgan fingerprint density at radius 2 is 1.92 bits per heavy atom. The zero-order valence-electron chi connectivity index (χ0n) is 15.3. The smallest absolute Gasteiger partial charge is 0.334 e. The van der Waals surface area contributed by atoms with Crippen molar-refractivity contribution < 1.29 is 15.0 Å². The second-order valence-corrected chi connectivity index (χ2v) is 9.01. The molecular weight excluding hydrogens is 312 g/mol. The lowest BCUT2D eigenvalue weighted by Crippen LogP contribution is -2.49. The summed E-state index contributed by atoms with van der Waals surface area (Å²) in [4.78, 5) is 11.8. The molecule has 0 aliphatic heterocycles. The highest BCUT2D eigenvalue weighted by atomic mass is 16.4. The van der Waals surface area contributed by atoms with Gasteiger partial charge in [0.15, 0.2) is 0 Å². The van der Waals surface area contributed by atoms with E-state index in [1.807, 2.05) is 0 Å². The minimum Gasteiger partial charge on any atom is -0.478 e. The van der Waals surface area contributed by atoms with Crippen molar-refractivity contribution in [3.63, 3.8) is 0 Å². The Labute approximate surface area is 149 Å². The van der Waals surface area contributed by atoms with E-state index in [2.05, 4.69) is 51.1 Å². The number of aliphatic hydroxyl groups is 1. The van der Waals surface area contributed by atoms with Crippen molar-refractivity contribution in [1.82, 2.24) is 0 Å². The van der Waals surface area contributed by atoms with Crippen LogP contribution in [0.15, 0.2) is 41.5 Å². The van der Waals surface area contributed by atoms with Gasteiger partial charge in [0.05, 0.1) is 11.7 Å². The molecule has 3 aliphatic rings. The van der Waals surface area contributed by atoms with Gasteiger partial charge in [0.1, 0.15) is 0 Å². The summed E-state index contributed by atoms with van der Waals surface area (Å²) in [6, 6.07) is 10.6. The molecule has 3 heteroatoms. The zero-order valence-corrected chi connectivity index (χ0v) is 15.3. The van der Waals surface area contributed by atoms with Crippen molar-refractivity contribution in [2.75, 3.05) is 0 Å². The van der Waals surface area contributed by atoms with E-state index in [1.54, 1.807) is 0 Å². The first-order chi connectivity index (χ1) is 11.8. The summed E-state index contributed by atoms with van der Waals surface area (Å²) in [6.45, 7) is 6.91. The Morgan fingerprint density at radius 3 is 2.56 bits per heavy atom. The lowest BCUT2D eigenvalue weighted by molar-refractivity contribution is -0.133. The number of rotatable bonds is 3. The van der Waals surface area contributed by atoms with E-state index >= 15 is 0 Å². The predicted octanol–water partition coefficient (Wildman–Crippen LogP) is 4.06. The molecule has 0 saturated heterocycles. The van der Waals surface area contributed by atoms with Crippen LogP contribution in [0.3, 0.4) is 0 Å². The molecule has 1 spiro atoms. The fourth-order valence-electron chi connectivity index (χ4n) is 6.84. The Morgan fingerprint density at radius 1 is 1.24 bits per heavy atom. The first-order valence-electron chi connectivity index (χ1n) is 9.48. The van der Waals surface area contributed by atoms with Crippen LogP contribution >= 0.6 is 0 Å². The van der Waals surface area contributed by atoms with E-state index in [9.17, 15) is 15.0 Å². The van der Waals surface area contributed by atoms with E-state index in [-0.39, 0.29) is 10.8 Å². The molecule has 1 aromatic rings. The van der Waals surface area contributed by atoms with Gasteiger partial charge in [-0.25, -0.2) is 4.79 Å². The highest BCUT2D eigenvalue weighted by Crippen LogP contribution is 2.74. The minimum absolute atomic E-state index is 0.0254. The molecule has 2 fully saturated rings. The minimum atomic E-state index is -0.922. The number of benzene rings is 1. The maximum atomic E-state index is 11.8. The summed E-state index contributed by atoms with van der Waals surface area (Å²) < 4.78 is 0. The maximum Gasteiger partial charge on any atom is 0.334 e. The van der Waals surface area contributed by atoms with Gasteiger partial charge >= 0.3 is 5.97 Å². The third kappa shape index (κ3) is 2.11. The van der Waals surface area contributed by atoms with Gasteiger partial charge < -0.3 is 10.2 Å². The first kappa shape index (κ1) is 16.8. The Hall–Kier alpha value is -1.61. The number of allylic oxidation sites excluding steroid dienone is 1. The molecule has 2 bridgehead atoms. The fourth-order valence-corrected chi connectivity index (χ4v) is 6.84. The van der Waals surface area contributed by atoms with Crippen LogP contribution in [0.1, 0.15) is 45.6 Å². The van der Waals surface area contributed by atoms with E-state index in [0.717, 1.165) is 24.8 Å². The van der Waals surface area contributed by atoms with Crippen LogP contribution in [0, 0.1) is 28.6 Å². The van der Waals surface area contributed by atoms with Crippen LogP contribution in [-0.2, 0) is 11.2 Å². The molecule has 2 N–H and O–H groups in total. The molecule has 2 saturated carbocycles. The maximum absolute atomic E-state index is 11.8. The lowest BCUT2D eigenvalue weighted by atomic mass is 9.50. The number of hydrogen-bond acceptors (Lipinski definition) is 2. The van der Waals surface area contributed by atoms with Crippen molar-refractivity contribution >= 4 is 5.97 Å². The van der Waals surface area contributed by atoms with Crippen LogP contribution < -0.4 is 0 Å². The summed E-state index contributed by atoms with van der Waals surface area (Å²) in [7, 11) is 0. The third-order valence-corrected chi connectivity index (χ3v) is 7.85. The molecule has 1 aromatic carbocycles. The largest absolute Gasteiger partial charge is 0.478 e. The zero-order chi connectivity index (χ0) is 18.0. The molecular formula is C22H28O3. The van der Waals surface area contributed by atoms with Gasteiger partial charge in [-0.15, -0.1) is 0 Å². The fraction of sp³-hybridized carbons (Fsp3) is 0.591. The van der Waals surface area contributed by atoms with Crippen molar-refractivity contribution in [3.05, 3.63) is 47.0 Å². The Kier molecular flexibility index (Phi) is 3.66. The molecule has 3 nitrogen and oxygen atoms in total. The van der Waals surface area contributed by atoms with Crippen molar-refractivity contribution in [3.8, 4) is 0 Å². The average molecular weight is 340 g/mol. The van der Waals surface area contributed by atoms with E-state index in [1.165, 1.54) is 5.56 Å². The van der Waals surface area contributed by atoms with Crippen LogP contribution in [0.2, 0.25) is 0 Å². The highest BCUT2D eigenvalue weighted by Gasteiger charge is 2.68. The SMILES string of the molecule is C[C@H]1C[C@H](Cc2ccccc2)[C@H]2CC3=C(C(=O)O)[C@@H](O)C[C@@]31C2(C)C. The van der Waals surface area contributed by atoms with Gasteiger partial charge in [0, 0.05) is 5.41 Å². The van der Waals surface area contributed by atoms with Gasteiger partial charge in [-0.3, -0.25) is 0 Å². The van der Waals surface area contributed by atoms with Crippen molar-refractivity contribution in [2.24, 2.45) is 28.6 Å². The normalized spacial score (nSPS) is 38.7. The van der Waals surface area contributed by atoms with Gasteiger partial charge in [-0.05, 0) is 60.0 Å². The molecule has 0 radical (unpaired) electrons. The van der Waals surface area contributed by atoms with Crippen molar-refractivity contribution in [2.45, 2.75) is 52.6 Å². The molecule has 134 valence electrons. The number of carboxylic acid groups (broad SMARTS) is 1. The molecule has 0 heterocycles. The molecule has 0 amide bonds. The Bertz CT molecular complexity index is 733. The number of carbonyl (C=O) groups is 1. The second-order valence-electron chi connectivity index (χ2n) is 9.01. The number of hydrogen-bond donors (Lipinski definition) is 2. The number of aliphatic carboxylic acids is 1. The van der Waals surface area contributed by atoms with Gasteiger partial charge in [0.25, 0.3) is 0 Å². The van der Waals surface area contributed by atoms with E-state index < -0.39 is 12.1 Å². The standard InChI is InChI=1S/C22H28O3/c1-13-9-15(10-14-7-5-4-6-8-14)16-11-17-19(20(24)25)18(23)12-22(13,17)21(16,2)3/h4-8,13,15-16,18,23H,9-12H2,1-3H3,(H,24,25)/t13-,15+,16+,18-,22-/m0/s1. The van der Waals surface area contributed by atoms with Gasteiger partial charge in [-0.2, -0.15) is 0 Å². The lowest BCUT2D eigenvalue weighted by Gasteiger charge is -2.54. The number of carboxylic acids is 1. The quantitative estimate of drug-likeness (QED) is 0.872. The third-order valence-electron chi connectivity index (χ3n) is 7.85. The summed E-state index contributed by atoms with van der Waals surface area (Å²) in [5.41, 5.74) is 2.62. The highest BCUT2D eigenvalue weighted by molar-refractivity contribution is 5.90. The summed E-state index contributed by atoms with van der Waals surface area (Å²) in [5.74, 6) is 0.537. The van der Waals surface area contributed by atoms with Gasteiger partial charge in [0.2, 0.25) is 0 Å². The predicted molar refractivity (Wildman–Crippen MR) is 97.0 cm³/mol. The number of fused-ring (bicyclic) bond motifs is 1. The molecule has 25 heavy (non-hydrogen) atoms. The topological polar surface area (TPSA) is 57.5 Å². The summed E-state index contributed by atoms with van der Waals surface area (Å²) >= 11 is 0. The summed E-state index contributed by atoms with van der Waals surface area (Å²) in [6.07, 6.45) is 2.81. The van der Waals surface area contributed by atoms with E-state index in [4.69, 9.17) is 0 Å². The van der Waals surface area contributed by atoms with Crippen LogP contribution in [0.4, 0.5) is 0 Å². The molecule has 0 aromatic heterocycles. The molecule has 5 atom stereocenters. The summed E-state index contributed by atoms with van der Waals surface area (Å²) in [5, 5.41) is 20.2. The van der Waals surface area contributed by atoms with Crippen molar-refractivity contribution in [1.29, 1.82) is 0 Å². The molecule has 3 aliphatic carbocycles. The monoisotopic (exact) mass is 340 g/mol. The van der Waals surface area contributed by atoms with E-state index in [0.29, 0.717) is 29.7 Å². The van der Waals surface area contributed by atoms with Gasteiger partial charge in [-0.1, -0.05) is 51.1 Å². The van der Waals surface area contributed by atoms with Crippen LogP contribution in [-0.4, -0.2) is 22.3 Å². The van der Waals surface area contributed by atoms with Crippen LogP contribution in [0.5, 0.6) is 0 Å². The van der Waals surface area contributed by atoms with Crippen LogP contribution in [0.25, 0.3) is 0 Å². The second kappa shape index (κ2) is 5.44. The molecule has 0 unspecified atom stereocenters. The molecule has 4 rings (SSSR count). The first-order valence-corrected chi connectivity index (χ1v) is 9.48. The number of aliphatic hydroxyl groups excluding tert-OH is 1.